The van der Waals surface area contributed by atoms with Gasteiger partial charge in [0.25, 0.3) is 0 Å². The van der Waals surface area contributed by atoms with Crippen LogP contribution in [0, 0.1) is 0 Å². The fourth-order valence-corrected chi connectivity index (χ4v) is 1.09. The van der Waals surface area contributed by atoms with Crippen molar-refractivity contribution < 1.29 is 4.79 Å². The average molecular weight is 202 g/mol. The number of amides is 1. The van der Waals surface area contributed by atoms with E-state index in [1.807, 2.05) is 12.3 Å². The first kappa shape index (κ1) is 10.1. The van der Waals surface area contributed by atoms with Gasteiger partial charge in [0, 0.05) is 31.2 Å². The van der Waals surface area contributed by atoms with Crippen LogP contribution in [0.15, 0.2) is 18.5 Å². The Morgan fingerprint density at radius 1 is 1.62 bits per heavy atom. The second kappa shape index (κ2) is 5.59. The van der Waals surface area contributed by atoms with Gasteiger partial charge >= 0.3 is 0 Å². The molecule has 1 aromatic heterocycles. The Morgan fingerprint density at radius 3 is 3.08 bits per heavy atom. The average Bonchev–Trinajstić information content (AvgIpc) is 2.57. The van der Waals surface area contributed by atoms with E-state index in [2.05, 4.69) is 10.4 Å². The maximum Gasteiger partial charge on any atom is 0.221 e. The smallest absolute Gasteiger partial charge is 0.221 e. The number of hydrogen-bond donors (Lipinski definition) is 1. The highest BCUT2D eigenvalue weighted by Gasteiger charge is 1.98. The normalized spacial score (nSPS) is 9.92. The van der Waals surface area contributed by atoms with Gasteiger partial charge in [-0.1, -0.05) is 0 Å². The van der Waals surface area contributed by atoms with Gasteiger partial charge in [-0.25, -0.2) is 0 Å². The quantitative estimate of drug-likeness (QED) is 0.711. The van der Waals surface area contributed by atoms with E-state index in [9.17, 15) is 4.79 Å². The largest absolute Gasteiger partial charge is 0.354 e. The van der Waals surface area contributed by atoms with Crippen molar-refractivity contribution in [1.82, 2.24) is 15.1 Å². The number of carbonyl (C=O) groups excluding carboxylic acids is 1. The van der Waals surface area contributed by atoms with E-state index in [4.69, 9.17) is 11.6 Å². The zero-order valence-electron chi connectivity index (χ0n) is 7.24. The van der Waals surface area contributed by atoms with Gasteiger partial charge in [0.15, 0.2) is 0 Å². The second-order valence-electron chi connectivity index (χ2n) is 2.56. The molecule has 1 aromatic rings. The van der Waals surface area contributed by atoms with E-state index < -0.39 is 0 Å². The third-order valence-electron chi connectivity index (χ3n) is 1.54. The highest BCUT2D eigenvalue weighted by molar-refractivity contribution is 6.18. The predicted molar refractivity (Wildman–Crippen MR) is 50.6 cm³/mol. The Balaban J connectivity index is 2.11. The van der Waals surface area contributed by atoms with E-state index in [0.717, 1.165) is 0 Å². The Labute approximate surface area is 81.9 Å². The van der Waals surface area contributed by atoms with Crippen molar-refractivity contribution in [3.05, 3.63) is 18.5 Å². The molecule has 0 bridgehead atoms. The maximum absolute atomic E-state index is 10.9. The molecule has 0 radical (unpaired) electrons. The first-order chi connectivity index (χ1) is 6.33. The Bertz CT molecular complexity index is 248. The van der Waals surface area contributed by atoms with Crippen LogP contribution in [0.5, 0.6) is 0 Å². The molecule has 0 aliphatic heterocycles. The lowest BCUT2D eigenvalue weighted by atomic mass is 10.4. The number of carbonyl (C=O) groups is 1. The molecule has 1 heterocycles. The molecule has 0 fully saturated rings. The van der Waals surface area contributed by atoms with Crippen molar-refractivity contribution in [2.75, 3.05) is 12.4 Å². The fraction of sp³-hybridized carbons (Fsp3) is 0.500. The number of rotatable bonds is 5. The Morgan fingerprint density at radius 2 is 2.46 bits per heavy atom. The van der Waals surface area contributed by atoms with Crippen LogP contribution in [0.3, 0.4) is 0 Å². The number of nitrogens with zero attached hydrogens (tertiary/aromatic N) is 2. The summed E-state index contributed by atoms with van der Waals surface area (Å²) in [4.78, 5) is 10.9. The van der Waals surface area contributed by atoms with Gasteiger partial charge in [0.1, 0.15) is 0 Å². The van der Waals surface area contributed by atoms with Crippen LogP contribution in [0.2, 0.25) is 0 Å². The molecular weight excluding hydrogens is 190 g/mol. The van der Waals surface area contributed by atoms with Gasteiger partial charge in [0.05, 0.1) is 6.54 Å². The lowest BCUT2D eigenvalue weighted by molar-refractivity contribution is -0.120. The number of halogens is 1. The molecule has 0 spiro atoms. The topological polar surface area (TPSA) is 46.9 Å². The van der Waals surface area contributed by atoms with E-state index in [-0.39, 0.29) is 5.91 Å². The van der Waals surface area contributed by atoms with E-state index in [0.29, 0.717) is 25.4 Å². The first-order valence-corrected chi connectivity index (χ1v) is 4.66. The van der Waals surface area contributed by atoms with Crippen molar-refractivity contribution in [2.45, 2.75) is 13.0 Å². The molecule has 1 rings (SSSR count). The Kier molecular flexibility index (Phi) is 4.32. The monoisotopic (exact) mass is 201 g/mol. The highest BCUT2D eigenvalue weighted by Crippen LogP contribution is 1.85. The summed E-state index contributed by atoms with van der Waals surface area (Å²) >= 11 is 5.40. The minimum absolute atomic E-state index is 0.0119. The van der Waals surface area contributed by atoms with E-state index in [1.165, 1.54) is 0 Å². The summed E-state index contributed by atoms with van der Waals surface area (Å²) < 4.78 is 1.76. The van der Waals surface area contributed by atoms with Gasteiger partial charge in [-0.15, -0.1) is 11.6 Å². The molecular formula is C8H12ClN3O. The van der Waals surface area contributed by atoms with Gasteiger partial charge in [-0.05, 0) is 6.07 Å². The van der Waals surface area contributed by atoms with Crippen molar-refractivity contribution in [2.24, 2.45) is 0 Å². The standard InChI is InChI=1S/C8H12ClN3O/c9-3-2-8(13)10-5-7-12-6-1-4-11-12/h1,4,6H,2-3,5,7H2,(H,10,13). The number of alkyl halides is 1. The summed E-state index contributed by atoms with van der Waals surface area (Å²) in [5.74, 6) is 0.357. The molecule has 0 aliphatic carbocycles. The minimum Gasteiger partial charge on any atom is -0.354 e. The van der Waals surface area contributed by atoms with Crippen molar-refractivity contribution in [3.8, 4) is 0 Å². The molecule has 0 saturated carbocycles. The molecule has 4 nitrogen and oxygen atoms in total. The van der Waals surface area contributed by atoms with Gasteiger partial charge in [0.2, 0.25) is 5.91 Å². The molecule has 5 heteroatoms. The molecule has 13 heavy (non-hydrogen) atoms. The molecule has 1 N–H and O–H groups in total. The molecule has 72 valence electrons. The van der Waals surface area contributed by atoms with Crippen LogP contribution in [-0.4, -0.2) is 28.1 Å². The van der Waals surface area contributed by atoms with Crippen LogP contribution in [-0.2, 0) is 11.3 Å². The van der Waals surface area contributed by atoms with Gasteiger partial charge < -0.3 is 5.32 Å². The van der Waals surface area contributed by atoms with Crippen molar-refractivity contribution >= 4 is 17.5 Å². The fourth-order valence-electron chi connectivity index (χ4n) is 0.917. The van der Waals surface area contributed by atoms with E-state index in [1.54, 1.807) is 10.9 Å². The van der Waals surface area contributed by atoms with Crippen molar-refractivity contribution in [3.63, 3.8) is 0 Å². The third-order valence-corrected chi connectivity index (χ3v) is 1.73. The molecule has 0 atom stereocenters. The zero-order chi connectivity index (χ0) is 9.52. The summed E-state index contributed by atoms with van der Waals surface area (Å²) in [6, 6.07) is 1.85. The van der Waals surface area contributed by atoms with Gasteiger partial charge in [-0.2, -0.15) is 5.10 Å². The number of hydrogen-bond acceptors (Lipinski definition) is 2. The van der Waals surface area contributed by atoms with Crippen molar-refractivity contribution in [1.29, 1.82) is 0 Å². The van der Waals surface area contributed by atoms with Crippen LogP contribution in [0.25, 0.3) is 0 Å². The maximum atomic E-state index is 10.9. The van der Waals surface area contributed by atoms with Crippen LogP contribution >= 0.6 is 11.6 Å². The molecule has 0 aromatic carbocycles. The molecule has 0 saturated heterocycles. The van der Waals surface area contributed by atoms with Crippen LogP contribution in [0.4, 0.5) is 0 Å². The summed E-state index contributed by atoms with van der Waals surface area (Å²) in [7, 11) is 0. The summed E-state index contributed by atoms with van der Waals surface area (Å²) in [6.45, 7) is 1.29. The predicted octanol–water partition coefficient (Wildman–Crippen LogP) is 0.628. The second-order valence-corrected chi connectivity index (χ2v) is 2.94. The Hall–Kier alpha value is -1.03. The summed E-state index contributed by atoms with van der Waals surface area (Å²) in [6.07, 6.45) is 3.94. The van der Waals surface area contributed by atoms with E-state index >= 15 is 0 Å². The third kappa shape index (κ3) is 3.94. The van der Waals surface area contributed by atoms with Crippen LogP contribution in [0.1, 0.15) is 6.42 Å². The number of nitrogens with one attached hydrogen (secondary N) is 1. The molecule has 0 aliphatic rings. The number of aromatic nitrogens is 2. The SMILES string of the molecule is O=C(CCCl)NCCn1cccn1. The lowest BCUT2D eigenvalue weighted by Crippen LogP contribution is -2.27. The first-order valence-electron chi connectivity index (χ1n) is 4.13. The minimum atomic E-state index is -0.0119. The lowest BCUT2D eigenvalue weighted by Gasteiger charge is -2.03. The summed E-state index contributed by atoms with van der Waals surface area (Å²) in [5, 5.41) is 6.74. The highest BCUT2D eigenvalue weighted by atomic mass is 35.5. The molecule has 1 amide bonds. The zero-order valence-corrected chi connectivity index (χ0v) is 8.00. The molecule has 0 unspecified atom stereocenters. The van der Waals surface area contributed by atoms with Crippen LogP contribution < -0.4 is 5.32 Å². The summed E-state index contributed by atoms with van der Waals surface area (Å²) in [5.41, 5.74) is 0. The van der Waals surface area contributed by atoms with Gasteiger partial charge in [-0.3, -0.25) is 9.48 Å².